The van der Waals surface area contributed by atoms with Crippen LogP contribution in [-0.2, 0) is 14.8 Å². The van der Waals surface area contributed by atoms with E-state index >= 15 is 0 Å². The van der Waals surface area contributed by atoms with Gasteiger partial charge in [0.2, 0.25) is 15.9 Å². The zero-order chi connectivity index (χ0) is 17.9. The summed E-state index contributed by atoms with van der Waals surface area (Å²) in [7, 11) is -3.82. The number of nitrogens with one attached hydrogen (secondary N) is 1. The van der Waals surface area contributed by atoms with Crippen LogP contribution in [0.15, 0.2) is 42.5 Å². The van der Waals surface area contributed by atoms with Crippen LogP contribution in [0.5, 0.6) is 0 Å². The third-order valence-corrected chi connectivity index (χ3v) is 4.39. The highest BCUT2D eigenvalue weighted by molar-refractivity contribution is 7.92. The molecule has 9 heteroatoms. The monoisotopic (exact) mass is 374 g/mol. The number of benzene rings is 2. The highest BCUT2D eigenvalue weighted by Crippen LogP contribution is 2.22. The Morgan fingerprint density at radius 1 is 1.17 bits per heavy atom. The fourth-order valence-electron chi connectivity index (χ4n) is 1.96. The number of para-hydroxylation sites is 1. The average Bonchev–Trinajstić information content (AvgIpc) is 2.47. The molecule has 0 atom stereocenters. The van der Waals surface area contributed by atoms with Crippen molar-refractivity contribution in [1.29, 1.82) is 0 Å². The first kappa shape index (κ1) is 18.2. The van der Waals surface area contributed by atoms with Crippen molar-refractivity contribution in [3.05, 3.63) is 59.1 Å². The van der Waals surface area contributed by atoms with Crippen molar-refractivity contribution in [3.8, 4) is 0 Å². The smallest absolute Gasteiger partial charge is 0.245 e. The Labute approximate surface area is 142 Å². The summed E-state index contributed by atoms with van der Waals surface area (Å²) in [5, 5.41) is 2.32. The van der Waals surface area contributed by atoms with Crippen LogP contribution < -0.4 is 9.62 Å². The predicted molar refractivity (Wildman–Crippen MR) is 88.6 cm³/mol. The Balaban J connectivity index is 2.26. The van der Waals surface area contributed by atoms with Gasteiger partial charge in [0.25, 0.3) is 0 Å². The van der Waals surface area contributed by atoms with E-state index in [4.69, 9.17) is 11.6 Å². The molecule has 0 bridgehead atoms. The van der Waals surface area contributed by atoms with Crippen molar-refractivity contribution >= 4 is 38.9 Å². The second-order valence-electron chi connectivity index (χ2n) is 4.89. The van der Waals surface area contributed by atoms with Gasteiger partial charge in [-0.2, -0.15) is 0 Å². The molecular weight excluding hydrogens is 362 g/mol. The molecule has 0 heterocycles. The number of nitrogens with zero attached hydrogens (tertiary/aromatic N) is 1. The molecule has 0 unspecified atom stereocenters. The van der Waals surface area contributed by atoms with Crippen LogP contribution in [0, 0.1) is 11.6 Å². The Morgan fingerprint density at radius 3 is 2.29 bits per heavy atom. The van der Waals surface area contributed by atoms with Gasteiger partial charge in [-0.1, -0.05) is 23.7 Å². The largest absolute Gasteiger partial charge is 0.320 e. The van der Waals surface area contributed by atoms with E-state index in [0.29, 0.717) is 0 Å². The van der Waals surface area contributed by atoms with E-state index in [9.17, 15) is 22.0 Å². The van der Waals surface area contributed by atoms with Crippen molar-refractivity contribution in [3.63, 3.8) is 0 Å². The summed E-state index contributed by atoms with van der Waals surface area (Å²) in [5.41, 5.74) is -0.476. The maximum Gasteiger partial charge on any atom is 0.245 e. The number of hydrogen-bond acceptors (Lipinski definition) is 3. The van der Waals surface area contributed by atoms with Gasteiger partial charge in [0, 0.05) is 5.02 Å². The summed E-state index contributed by atoms with van der Waals surface area (Å²) in [6, 6.07) is 8.97. The van der Waals surface area contributed by atoms with Crippen LogP contribution >= 0.6 is 11.6 Å². The van der Waals surface area contributed by atoms with Crippen molar-refractivity contribution in [2.45, 2.75) is 0 Å². The molecule has 0 saturated heterocycles. The molecule has 1 amide bonds. The molecule has 24 heavy (non-hydrogen) atoms. The number of carbonyl (C=O) groups excluding carboxylic acids is 1. The standard InChI is InChI=1S/C15H13ClF2N2O3S/c1-24(22,23)20(11-5-2-4-10(16)8-11)9-14(21)19-15-12(17)6-3-7-13(15)18/h2-8H,9H2,1H3,(H,19,21). The summed E-state index contributed by atoms with van der Waals surface area (Å²) in [6.07, 6.45) is 0.908. The lowest BCUT2D eigenvalue weighted by molar-refractivity contribution is -0.114. The molecule has 128 valence electrons. The number of anilines is 2. The van der Waals surface area contributed by atoms with Crippen molar-refractivity contribution in [2.75, 3.05) is 22.4 Å². The van der Waals surface area contributed by atoms with Gasteiger partial charge in [0.1, 0.15) is 23.9 Å². The van der Waals surface area contributed by atoms with Crippen molar-refractivity contribution < 1.29 is 22.0 Å². The van der Waals surface area contributed by atoms with Gasteiger partial charge < -0.3 is 5.32 Å². The summed E-state index contributed by atoms with van der Waals surface area (Å²) in [5.74, 6) is -2.82. The quantitative estimate of drug-likeness (QED) is 0.874. The molecule has 0 aliphatic heterocycles. The van der Waals surface area contributed by atoms with Crippen LogP contribution in [0.1, 0.15) is 0 Å². The highest BCUT2D eigenvalue weighted by Gasteiger charge is 2.22. The second-order valence-corrected chi connectivity index (χ2v) is 7.24. The van der Waals surface area contributed by atoms with Gasteiger partial charge in [-0.15, -0.1) is 0 Å². The van der Waals surface area contributed by atoms with Crippen LogP contribution in [0.4, 0.5) is 20.2 Å². The van der Waals surface area contributed by atoms with E-state index in [0.717, 1.165) is 28.8 Å². The van der Waals surface area contributed by atoms with Crippen LogP contribution in [0.2, 0.25) is 5.02 Å². The van der Waals surface area contributed by atoms with Gasteiger partial charge in [-0.3, -0.25) is 9.10 Å². The topological polar surface area (TPSA) is 66.5 Å². The average molecular weight is 375 g/mol. The third-order valence-electron chi connectivity index (χ3n) is 3.01. The van der Waals surface area contributed by atoms with Crippen molar-refractivity contribution in [1.82, 2.24) is 0 Å². The first-order valence-corrected chi connectivity index (χ1v) is 8.88. The molecule has 5 nitrogen and oxygen atoms in total. The molecule has 2 aromatic carbocycles. The van der Waals surface area contributed by atoms with E-state index in [1.54, 1.807) is 6.07 Å². The Morgan fingerprint density at radius 2 is 1.75 bits per heavy atom. The fourth-order valence-corrected chi connectivity index (χ4v) is 2.99. The summed E-state index contributed by atoms with van der Waals surface area (Å²) in [6.45, 7) is -0.660. The van der Waals surface area contributed by atoms with Crippen LogP contribution in [-0.4, -0.2) is 27.1 Å². The third kappa shape index (κ3) is 4.42. The van der Waals surface area contributed by atoms with E-state index < -0.39 is 39.8 Å². The van der Waals surface area contributed by atoms with E-state index in [-0.39, 0.29) is 10.7 Å². The molecule has 0 saturated carbocycles. The minimum atomic E-state index is -3.82. The molecule has 0 aliphatic rings. The van der Waals surface area contributed by atoms with Crippen LogP contribution in [0.3, 0.4) is 0 Å². The SMILES string of the molecule is CS(=O)(=O)N(CC(=O)Nc1c(F)cccc1F)c1cccc(Cl)c1. The molecule has 0 spiro atoms. The van der Waals surface area contributed by atoms with Gasteiger partial charge in [0.05, 0.1) is 11.9 Å². The molecule has 1 N–H and O–H groups in total. The van der Waals surface area contributed by atoms with Gasteiger partial charge in [-0.05, 0) is 30.3 Å². The molecule has 2 aromatic rings. The number of amides is 1. The number of rotatable bonds is 5. The molecular formula is C15H13ClF2N2O3S. The van der Waals surface area contributed by atoms with E-state index in [2.05, 4.69) is 0 Å². The molecule has 0 aliphatic carbocycles. The Kier molecular flexibility index (Phi) is 5.40. The molecule has 0 fully saturated rings. The minimum Gasteiger partial charge on any atom is -0.320 e. The lowest BCUT2D eigenvalue weighted by Gasteiger charge is -2.22. The first-order valence-electron chi connectivity index (χ1n) is 6.65. The predicted octanol–water partition coefficient (Wildman–Crippen LogP) is 3.02. The van der Waals surface area contributed by atoms with E-state index in [1.807, 2.05) is 5.32 Å². The number of halogens is 3. The summed E-state index contributed by atoms with van der Waals surface area (Å²) >= 11 is 5.83. The van der Waals surface area contributed by atoms with E-state index in [1.165, 1.54) is 18.2 Å². The van der Waals surface area contributed by atoms with Gasteiger partial charge in [0.15, 0.2) is 0 Å². The summed E-state index contributed by atoms with van der Waals surface area (Å²) < 4.78 is 51.7. The fraction of sp³-hybridized carbons (Fsp3) is 0.133. The minimum absolute atomic E-state index is 0.161. The number of carbonyl (C=O) groups is 1. The van der Waals surface area contributed by atoms with Crippen LogP contribution in [0.25, 0.3) is 0 Å². The molecule has 0 radical (unpaired) electrons. The van der Waals surface area contributed by atoms with Crippen molar-refractivity contribution in [2.24, 2.45) is 0 Å². The normalized spacial score (nSPS) is 11.2. The molecule has 0 aromatic heterocycles. The van der Waals surface area contributed by atoms with Gasteiger partial charge in [-0.25, -0.2) is 17.2 Å². The lowest BCUT2D eigenvalue weighted by atomic mass is 10.3. The first-order chi connectivity index (χ1) is 11.2. The zero-order valence-electron chi connectivity index (χ0n) is 12.5. The molecule has 2 rings (SSSR count). The Bertz CT molecular complexity index is 855. The number of sulfonamides is 1. The second kappa shape index (κ2) is 7.14. The Hall–Kier alpha value is -2.19. The lowest BCUT2D eigenvalue weighted by Crippen LogP contribution is -2.37. The highest BCUT2D eigenvalue weighted by atomic mass is 35.5. The maximum absolute atomic E-state index is 13.6. The summed E-state index contributed by atoms with van der Waals surface area (Å²) in [4.78, 5) is 12.0. The van der Waals surface area contributed by atoms with Gasteiger partial charge >= 0.3 is 0 Å². The zero-order valence-corrected chi connectivity index (χ0v) is 14.0. The maximum atomic E-state index is 13.6. The number of hydrogen-bond donors (Lipinski definition) is 1.